The van der Waals surface area contributed by atoms with Gasteiger partial charge in [-0.1, -0.05) is 13.8 Å². The molecular weight excluding hydrogens is 246 g/mol. The van der Waals surface area contributed by atoms with Gasteiger partial charge in [0.1, 0.15) is 0 Å². The molecular formula is C17H35N3. The fourth-order valence-electron chi connectivity index (χ4n) is 3.85. The lowest BCUT2D eigenvalue weighted by Gasteiger charge is -2.26. The van der Waals surface area contributed by atoms with E-state index in [2.05, 4.69) is 29.0 Å². The summed E-state index contributed by atoms with van der Waals surface area (Å²) < 4.78 is 0. The molecule has 2 atom stereocenters. The van der Waals surface area contributed by atoms with Crippen LogP contribution >= 0.6 is 0 Å². The van der Waals surface area contributed by atoms with Crippen LogP contribution in [-0.4, -0.2) is 61.2 Å². The molecule has 2 unspecified atom stereocenters. The molecule has 0 aromatic heterocycles. The monoisotopic (exact) mass is 281 g/mol. The van der Waals surface area contributed by atoms with Gasteiger partial charge in [-0.25, -0.2) is 0 Å². The number of hydrogen-bond donors (Lipinski definition) is 1. The fraction of sp³-hybridized carbons (Fsp3) is 1.00. The van der Waals surface area contributed by atoms with Crippen LogP contribution in [0, 0.1) is 0 Å². The zero-order valence-electron chi connectivity index (χ0n) is 13.7. The van der Waals surface area contributed by atoms with Crippen LogP contribution in [0.5, 0.6) is 0 Å². The van der Waals surface area contributed by atoms with Crippen LogP contribution in [0.1, 0.15) is 58.8 Å². The molecule has 0 aromatic rings. The molecule has 2 rings (SSSR count). The first-order chi connectivity index (χ1) is 9.83. The molecule has 2 aliphatic heterocycles. The maximum Gasteiger partial charge on any atom is 0.0223 e. The molecule has 2 heterocycles. The van der Waals surface area contributed by atoms with Crippen molar-refractivity contribution < 1.29 is 0 Å². The summed E-state index contributed by atoms with van der Waals surface area (Å²) in [6.45, 7) is 12.4. The average Bonchev–Trinajstić information content (AvgIpc) is 2.81. The topological polar surface area (TPSA) is 18.5 Å². The van der Waals surface area contributed by atoms with Crippen molar-refractivity contribution in [3.63, 3.8) is 0 Å². The smallest absolute Gasteiger partial charge is 0.0223 e. The summed E-state index contributed by atoms with van der Waals surface area (Å²) in [7, 11) is 0. The summed E-state index contributed by atoms with van der Waals surface area (Å²) in [4.78, 5) is 5.47. The Hall–Kier alpha value is -0.120. The zero-order chi connectivity index (χ0) is 14.2. The van der Waals surface area contributed by atoms with E-state index in [1.54, 1.807) is 0 Å². The van der Waals surface area contributed by atoms with Crippen molar-refractivity contribution in [3.05, 3.63) is 0 Å². The third-order valence-corrected chi connectivity index (χ3v) is 5.09. The van der Waals surface area contributed by atoms with Gasteiger partial charge in [0.05, 0.1) is 0 Å². The number of fused-ring (bicyclic) bond motifs is 1. The maximum absolute atomic E-state index is 3.68. The summed E-state index contributed by atoms with van der Waals surface area (Å²) in [5, 5.41) is 3.68. The SMILES string of the molecule is CCCNC(CC)CCCN1CCCN2CCCC2C1. The van der Waals surface area contributed by atoms with E-state index in [9.17, 15) is 0 Å². The Bertz CT molecular complexity index is 257. The fourth-order valence-corrected chi connectivity index (χ4v) is 3.85. The third-order valence-electron chi connectivity index (χ3n) is 5.09. The first kappa shape index (κ1) is 16.3. The van der Waals surface area contributed by atoms with Gasteiger partial charge in [0, 0.05) is 18.6 Å². The molecule has 0 amide bonds. The highest BCUT2D eigenvalue weighted by Crippen LogP contribution is 2.21. The summed E-state index contributed by atoms with van der Waals surface area (Å²) in [5.41, 5.74) is 0. The average molecular weight is 281 g/mol. The van der Waals surface area contributed by atoms with E-state index in [4.69, 9.17) is 0 Å². The molecule has 3 heteroatoms. The molecule has 0 spiro atoms. The molecule has 0 aliphatic carbocycles. The van der Waals surface area contributed by atoms with Gasteiger partial charge < -0.3 is 10.2 Å². The van der Waals surface area contributed by atoms with Crippen molar-refractivity contribution in [1.29, 1.82) is 0 Å². The van der Waals surface area contributed by atoms with Crippen LogP contribution in [0.15, 0.2) is 0 Å². The Morgan fingerprint density at radius 1 is 1.15 bits per heavy atom. The molecule has 3 nitrogen and oxygen atoms in total. The van der Waals surface area contributed by atoms with E-state index in [1.807, 2.05) is 0 Å². The quantitative estimate of drug-likeness (QED) is 0.738. The largest absolute Gasteiger partial charge is 0.314 e. The minimum atomic E-state index is 0.741. The normalized spacial score (nSPS) is 26.4. The van der Waals surface area contributed by atoms with Crippen molar-refractivity contribution in [2.45, 2.75) is 70.9 Å². The van der Waals surface area contributed by atoms with Crippen molar-refractivity contribution in [3.8, 4) is 0 Å². The maximum atomic E-state index is 3.68. The summed E-state index contributed by atoms with van der Waals surface area (Å²) >= 11 is 0. The van der Waals surface area contributed by atoms with Crippen LogP contribution < -0.4 is 5.32 Å². The predicted octanol–water partition coefficient (Wildman–Crippen LogP) is 2.71. The van der Waals surface area contributed by atoms with E-state index >= 15 is 0 Å². The van der Waals surface area contributed by atoms with Crippen molar-refractivity contribution in [1.82, 2.24) is 15.1 Å². The van der Waals surface area contributed by atoms with Crippen molar-refractivity contribution >= 4 is 0 Å². The minimum absolute atomic E-state index is 0.741. The van der Waals surface area contributed by atoms with Gasteiger partial charge in [-0.15, -0.1) is 0 Å². The van der Waals surface area contributed by atoms with Gasteiger partial charge in [0.25, 0.3) is 0 Å². The number of rotatable bonds is 8. The molecule has 2 fully saturated rings. The van der Waals surface area contributed by atoms with Crippen LogP contribution in [0.3, 0.4) is 0 Å². The number of hydrogen-bond acceptors (Lipinski definition) is 3. The van der Waals surface area contributed by atoms with Gasteiger partial charge in [-0.3, -0.25) is 4.90 Å². The molecule has 2 aliphatic rings. The van der Waals surface area contributed by atoms with Crippen LogP contribution in [0.4, 0.5) is 0 Å². The second-order valence-corrected chi connectivity index (χ2v) is 6.69. The predicted molar refractivity (Wildman–Crippen MR) is 87.3 cm³/mol. The molecule has 118 valence electrons. The number of nitrogens with one attached hydrogen (secondary N) is 1. The lowest BCUT2D eigenvalue weighted by atomic mass is 10.1. The summed E-state index contributed by atoms with van der Waals surface area (Å²) in [5.74, 6) is 0. The second-order valence-electron chi connectivity index (χ2n) is 6.69. The Labute approximate surface area is 126 Å². The van der Waals surface area contributed by atoms with Gasteiger partial charge in [0.15, 0.2) is 0 Å². The second kappa shape index (κ2) is 9.01. The Morgan fingerprint density at radius 3 is 2.80 bits per heavy atom. The molecule has 20 heavy (non-hydrogen) atoms. The number of nitrogens with zero attached hydrogens (tertiary/aromatic N) is 2. The minimum Gasteiger partial charge on any atom is -0.314 e. The highest BCUT2D eigenvalue weighted by atomic mass is 15.3. The first-order valence-electron chi connectivity index (χ1n) is 9.03. The molecule has 2 saturated heterocycles. The molecule has 0 bridgehead atoms. The Balaban J connectivity index is 1.65. The Kier molecular flexibility index (Phi) is 7.32. The van der Waals surface area contributed by atoms with E-state index in [-0.39, 0.29) is 0 Å². The summed E-state index contributed by atoms with van der Waals surface area (Å²) in [6, 6.07) is 1.61. The zero-order valence-corrected chi connectivity index (χ0v) is 13.7. The van der Waals surface area contributed by atoms with Crippen molar-refractivity contribution in [2.75, 3.05) is 39.3 Å². The van der Waals surface area contributed by atoms with Gasteiger partial charge in [0.2, 0.25) is 0 Å². The van der Waals surface area contributed by atoms with Crippen molar-refractivity contribution in [2.24, 2.45) is 0 Å². The highest BCUT2D eigenvalue weighted by molar-refractivity contribution is 4.85. The third kappa shape index (κ3) is 5.01. The van der Waals surface area contributed by atoms with Crippen LogP contribution in [0.25, 0.3) is 0 Å². The van der Waals surface area contributed by atoms with Crippen LogP contribution in [0.2, 0.25) is 0 Å². The summed E-state index contributed by atoms with van der Waals surface area (Å²) in [6.07, 6.45) is 9.48. The van der Waals surface area contributed by atoms with Gasteiger partial charge >= 0.3 is 0 Å². The molecule has 1 N–H and O–H groups in total. The van der Waals surface area contributed by atoms with Gasteiger partial charge in [-0.05, 0) is 77.7 Å². The molecule has 0 saturated carbocycles. The molecule has 0 radical (unpaired) electrons. The van der Waals surface area contributed by atoms with Crippen LogP contribution in [-0.2, 0) is 0 Å². The lowest BCUT2D eigenvalue weighted by Crippen LogP contribution is -2.37. The van der Waals surface area contributed by atoms with E-state index in [0.29, 0.717) is 0 Å². The Morgan fingerprint density at radius 2 is 2.00 bits per heavy atom. The first-order valence-corrected chi connectivity index (χ1v) is 9.03. The van der Waals surface area contributed by atoms with Gasteiger partial charge in [-0.2, -0.15) is 0 Å². The standard InChI is InChI=1S/C17H35N3/c1-3-10-18-16(4-2)8-5-11-19-12-7-14-20-13-6-9-17(20)15-19/h16-18H,3-15H2,1-2H3. The van der Waals surface area contributed by atoms with E-state index in [0.717, 1.165) is 12.1 Å². The highest BCUT2D eigenvalue weighted by Gasteiger charge is 2.28. The van der Waals surface area contributed by atoms with E-state index < -0.39 is 0 Å². The van der Waals surface area contributed by atoms with E-state index in [1.165, 1.54) is 84.2 Å². The lowest BCUT2D eigenvalue weighted by molar-refractivity contribution is 0.216. The molecule has 0 aromatic carbocycles.